The van der Waals surface area contributed by atoms with Gasteiger partial charge in [-0.15, -0.1) is 0 Å². The summed E-state index contributed by atoms with van der Waals surface area (Å²) in [5.74, 6) is -3.01. The van der Waals surface area contributed by atoms with Crippen molar-refractivity contribution in [3.8, 4) is 0 Å². The fourth-order valence-electron chi connectivity index (χ4n) is 0.808. The largest absolute Gasteiger partial charge is 0.542 e. The van der Waals surface area contributed by atoms with Crippen molar-refractivity contribution in [1.29, 1.82) is 0 Å². The highest BCUT2D eigenvalue weighted by molar-refractivity contribution is 5.70. The van der Waals surface area contributed by atoms with Crippen LogP contribution in [0.2, 0.25) is 0 Å². The molecule has 0 aliphatic carbocycles. The normalized spacial score (nSPS) is 11.0. The summed E-state index contributed by atoms with van der Waals surface area (Å²) in [5.41, 5.74) is -0.449. The van der Waals surface area contributed by atoms with Crippen LogP contribution in [0, 0.1) is 0 Å². The maximum absolute atomic E-state index is 10.5. The van der Waals surface area contributed by atoms with E-state index in [-0.39, 0.29) is 6.15 Å². The van der Waals surface area contributed by atoms with Crippen LogP contribution in [0.1, 0.15) is 46.5 Å². The van der Waals surface area contributed by atoms with E-state index in [0.29, 0.717) is 0 Å². The number of carboxylic acids is 1. The van der Waals surface area contributed by atoms with Gasteiger partial charge in [0.05, 0.1) is 5.60 Å². The molecule has 106 valence electrons. The first kappa shape index (κ1) is 21.5. The Balaban J connectivity index is -0.000000224. The highest BCUT2D eigenvalue weighted by Gasteiger charge is 2.28. The first-order valence-corrected chi connectivity index (χ1v) is 5.01. The van der Waals surface area contributed by atoms with E-state index in [9.17, 15) is 18.3 Å². The second kappa shape index (κ2) is 9.23. The summed E-state index contributed by atoms with van der Waals surface area (Å²) in [5, 5.41) is 18.0. The molecule has 0 amide bonds. The molecule has 0 aromatic rings. The van der Waals surface area contributed by atoms with Gasteiger partial charge in [0.25, 0.3) is 0 Å². The molecule has 17 heavy (non-hydrogen) atoms. The molecule has 0 spiro atoms. The molecule has 0 aromatic carbocycles. The SMILES string of the molecule is CCCCCC(C)(C)O.O=C([O-])C(F)(F)F.[NH4+]. The van der Waals surface area contributed by atoms with Crippen LogP contribution < -0.4 is 11.3 Å². The second-order valence-corrected chi connectivity index (χ2v) is 4.05. The third-order valence-corrected chi connectivity index (χ3v) is 1.62. The zero-order chi connectivity index (χ0) is 13.4. The van der Waals surface area contributed by atoms with Crippen molar-refractivity contribution < 1.29 is 28.2 Å². The molecule has 0 saturated carbocycles. The molecule has 5 N–H and O–H groups in total. The molecule has 0 heterocycles. The van der Waals surface area contributed by atoms with E-state index < -0.39 is 17.7 Å². The van der Waals surface area contributed by atoms with Crippen LogP contribution in [0.4, 0.5) is 13.2 Å². The minimum Gasteiger partial charge on any atom is -0.542 e. The Morgan fingerprint density at radius 2 is 1.59 bits per heavy atom. The Morgan fingerprint density at radius 1 is 1.24 bits per heavy atom. The number of hydrogen-bond donors (Lipinski definition) is 2. The third-order valence-electron chi connectivity index (χ3n) is 1.62. The van der Waals surface area contributed by atoms with Gasteiger partial charge in [0, 0.05) is 0 Å². The summed E-state index contributed by atoms with van der Waals surface area (Å²) in [6.45, 7) is 5.90. The minimum atomic E-state index is -5.19. The number of aliphatic carboxylic acids is 1. The number of hydrogen-bond acceptors (Lipinski definition) is 3. The molecule has 0 atom stereocenters. The number of quaternary nitrogens is 1. The molecule has 4 nitrogen and oxygen atoms in total. The van der Waals surface area contributed by atoms with Crippen molar-refractivity contribution in [1.82, 2.24) is 6.15 Å². The van der Waals surface area contributed by atoms with Gasteiger partial charge in [-0.2, -0.15) is 13.2 Å². The summed E-state index contributed by atoms with van der Waals surface area (Å²) >= 11 is 0. The lowest BCUT2D eigenvalue weighted by Crippen LogP contribution is -2.37. The molecule has 0 aliphatic rings. The van der Waals surface area contributed by atoms with Crippen LogP contribution in [0.3, 0.4) is 0 Å². The number of halogens is 3. The molecule has 0 rings (SSSR count). The maximum Gasteiger partial charge on any atom is 0.430 e. The van der Waals surface area contributed by atoms with Gasteiger partial charge in [0.15, 0.2) is 0 Å². The van der Waals surface area contributed by atoms with Crippen molar-refractivity contribution in [2.45, 2.75) is 58.2 Å². The van der Waals surface area contributed by atoms with Crippen LogP contribution in [-0.4, -0.2) is 22.9 Å². The molecular weight excluding hydrogens is 239 g/mol. The van der Waals surface area contributed by atoms with Gasteiger partial charge in [-0.25, -0.2) is 0 Å². The average molecular weight is 261 g/mol. The van der Waals surface area contributed by atoms with Gasteiger partial charge in [-0.1, -0.05) is 26.2 Å². The number of rotatable bonds is 4. The number of carboxylic acid groups (broad SMARTS) is 1. The Morgan fingerprint density at radius 3 is 1.76 bits per heavy atom. The lowest BCUT2D eigenvalue weighted by Gasteiger charge is -2.15. The van der Waals surface area contributed by atoms with Crippen LogP contribution in [0.25, 0.3) is 0 Å². The van der Waals surface area contributed by atoms with Crippen LogP contribution in [0.5, 0.6) is 0 Å². The second-order valence-electron chi connectivity index (χ2n) is 4.05. The average Bonchev–Trinajstić information content (AvgIpc) is 2.01. The van der Waals surface area contributed by atoms with E-state index in [1.165, 1.54) is 12.8 Å². The van der Waals surface area contributed by atoms with E-state index in [0.717, 1.165) is 12.8 Å². The molecule has 0 unspecified atom stereocenters. The Labute approximate surface area is 99.4 Å². The van der Waals surface area contributed by atoms with Gasteiger partial charge in [-0.05, 0) is 20.3 Å². The molecule has 0 radical (unpaired) electrons. The monoisotopic (exact) mass is 261 g/mol. The predicted octanol–water partition coefficient (Wildman–Crippen LogP) is 2.01. The number of carbonyl (C=O) groups is 1. The molecule has 7 heteroatoms. The Bertz CT molecular complexity index is 200. The fourth-order valence-corrected chi connectivity index (χ4v) is 0.808. The zero-order valence-corrected chi connectivity index (χ0v) is 10.7. The Hall–Kier alpha value is -0.820. The molecule has 0 saturated heterocycles. The van der Waals surface area contributed by atoms with Gasteiger partial charge >= 0.3 is 6.18 Å². The van der Waals surface area contributed by atoms with Gasteiger partial charge in [0.1, 0.15) is 5.97 Å². The van der Waals surface area contributed by atoms with Crippen molar-refractivity contribution in [3.63, 3.8) is 0 Å². The molecule has 0 bridgehead atoms. The molecule has 0 fully saturated rings. The summed E-state index contributed by atoms with van der Waals surface area (Å²) in [4.78, 5) is 8.78. The van der Waals surface area contributed by atoms with E-state index in [4.69, 9.17) is 9.90 Å². The number of aliphatic hydroxyl groups is 1. The number of carbonyl (C=O) groups excluding carboxylic acids is 1. The highest BCUT2D eigenvalue weighted by Crippen LogP contribution is 2.12. The third kappa shape index (κ3) is 21.1. The Kier molecular flexibility index (Phi) is 11.7. The summed E-state index contributed by atoms with van der Waals surface area (Å²) in [6, 6.07) is 0. The number of alkyl halides is 3. The van der Waals surface area contributed by atoms with Crippen LogP contribution >= 0.6 is 0 Å². The molecule has 0 aliphatic heterocycles. The molecular formula is C10H22F3NO3. The topological polar surface area (TPSA) is 96.9 Å². The van der Waals surface area contributed by atoms with Crippen LogP contribution in [0.15, 0.2) is 0 Å². The first-order chi connectivity index (χ1) is 7.00. The maximum atomic E-state index is 10.5. The lowest BCUT2D eigenvalue weighted by molar-refractivity contribution is -0.344. The smallest absolute Gasteiger partial charge is 0.430 e. The standard InChI is InChI=1S/C8H18O.C2HF3O2.H3N/c1-4-5-6-7-8(2,3)9;3-2(4,5)1(6)7;/h9H,4-7H2,1-3H3;(H,6,7);1H3. The van der Waals surface area contributed by atoms with Crippen molar-refractivity contribution in [2.75, 3.05) is 0 Å². The summed E-state index contributed by atoms with van der Waals surface area (Å²) in [7, 11) is 0. The summed E-state index contributed by atoms with van der Waals surface area (Å²) < 4.78 is 31.5. The minimum absolute atomic E-state index is 0. The highest BCUT2D eigenvalue weighted by atomic mass is 19.4. The predicted molar refractivity (Wildman–Crippen MR) is 57.5 cm³/mol. The van der Waals surface area contributed by atoms with Gasteiger partial charge in [0.2, 0.25) is 0 Å². The first-order valence-electron chi connectivity index (χ1n) is 5.01. The van der Waals surface area contributed by atoms with Gasteiger partial charge in [-0.3, -0.25) is 0 Å². The zero-order valence-electron chi connectivity index (χ0n) is 10.7. The fraction of sp³-hybridized carbons (Fsp3) is 0.900. The van der Waals surface area contributed by atoms with E-state index in [1.54, 1.807) is 0 Å². The quantitative estimate of drug-likeness (QED) is 0.757. The van der Waals surface area contributed by atoms with Crippen molar-refractivity contribution in [2.24, 2.45) is 0 Å². The summed E-state index contributed by atoms with van der Waals surface area (Å²) in [6.07, 6.45) is -0.638. The van der Waals surface area contributed by atoms with Crippen LogP contribution in [-0.2, 0) is 4.79 Å². The van der Waals surface area contributed by atoms with E-state index in [2.05, 4.69) is 6.92 Å². The van der Waals surface area contributed by atoms with E-state index >= 15 is 0 Å². The number of unbranched alkanes of at least 4 members (excludes halogenated alkanes) is 2. The van der Waals surface area contributed by atoms with Crippen molar-refractivity contribution in [3.05, 3.63) is 0 Å². The van der Waals surface area contributed by atoms with E-state index in [1.807, 2.05) is 13.8 Å². The van der Waals surface area contributed by atoms with Gasteiger partial charge < -0.3 is 21.2 Å². The van der Waals surface area contributed by atoms with Crippen molar-refractivity contribution >= 4 is 5.97 Å². The lowest BCUT2D eigenvalue weighted by atomic mass is 10.0. The molecule has 0 aromatic heterocycles.